The molecule has 0 aromatic heterocycles. The minimum absolute atomic E-state index is 0.374. The van der Waals surface area contributed by atoms with Gasteiger partial charge in [0.15, 0.2) is 0 Å². The molecule has 6 heteroatoms. The quantitative estimate of drug-likeness (QED) is 0.0414. The minimum Gasteiger partial charge on any atom is -0.394 e. The van der Waals surface area contributed by atoms with E-state index in [1.807, 2.05) is 0 Å². The fraction of sp³-hybridized carbons (Fsp3) is 0.976. The second-order valence-corrected chi connectivity index (χ2v) is 15.1. The first-order valence-electron chi connectivity index (χ1n) is 21.4. The molecule has 5 N–H and O–H groups in total. The van der Waals surface area contributed by atoms with Crippen molar-refractivity contribution in [1.29, 1.82) is 0 Å². The Kier molecular flexibility index (Phi) is 37.0. The smallest absolute Gasteiger partial charge is 0.249 e. The molecule has 48 heavy (non-hydrogen) atoms. The lowest BCUT2D eigenvalue weighted by Crippen LogP contribution is -2.53. The standard InChI is InChI=1S/C42H85NO5/c1-3-5-7-9-11-13-15-16-17-18-19-20-21-22-23-24-25-26-28-29-31-33-35-39(45)41(47)38(37-44)43-42(48)40(46)36-34-32-30-27-14-12-10-8-6-4-2/h38-41,44-47H,3-37H2,1-2H3,(H,43,48)/t38-,39+,40+,41-/m0/s1. The number of unbranched alkanes of at least 4 members (excludes halogenated alkanes) is 30. The SMILES string of the molecule is CCCCCCCCCCCCCCCCCCCCCCCC[C@@H](O)[C@@H](O)[C@H](CO)NC(=O)[C@H](O)CCCCCCCCCCCC. The summed E-state index contributed by atoms with van der Waals surface area (Å²) in [6.45, 7) is 4.04. The minimum atomic E-state index is -1.25. The van der Waals surface area contributed by atoms with Gasteiger partial charge in [-0.25, -0.2) is 0 Å². The van der Waals surface area contributed by atoms with Crippen molar-refractivity contribution in [3.63, 3.8) is 0 Å². The largest absolute Gasteiger partial charge is 0.394 e. The molecule has 0 aliphatic rings. The average molecular weight is 684 g/mol. The zero-order valence-electron chi connectivity index (χ0n) is 32.3. The number of carbonyl (C=O) groups is 1. The molecule has 0 aliphatic carbocycles. The maximum absolute atomic E-state index is 12.4. The van der Waals surface area contributed by atoms with Crippen LogP contribution in [0, 0.1) is 0 Å². The van der Waals surface area contributed by atoms with Gasteiger partial charge in [0.2, 0.25) is 5.91 Å². The van der Waals surface area contributed by atoms with Gasteiger partial charge in [0.1, 0.15) is 12.2 Å². The van der Waals surface area contributed by atoms with E-state index in [9.17, 15) is 25.2 Å². The molecule has 6 nitrogen and oxygen atoms in total. The van der Waals surface area contributed by atoms with Crippen molar-refractivity contribution in [2.75, 3.05) is 6.61 Å². The van der Waals surface area contributed by atoms with Crippen molar-refractivity contribution in [2.45, 2.75) is 257 Å². The van der Waals surface area contributed by atoms with E-state index in [1.165, 1.54) is 167 Å². The Labute approximate surface area is 299 Å². The molecular formula is C42H85NO5. The summed E-state index contributed by atoms with van der Waals surface area (Å²) in [6.07, 6.45) is 38.6. The highest BCUT2D eigenvalue weighted by molar-refractivity contribution is 5.80. The summed E-state index contributed by atoms with van der Waals surface area (Å²) in [5.41, 5.74) is 0. The van der Waals surface area contributed by atoms with E-state index in [2.05, 4.69) is 19.2 Å². The molecule has 0 saturated carbocycles. The van der Waals surface area contributed by atoms with Gasteiger partial charge in [-0.3, -0.25) is 4.79 Å². The van der Waals surface area contributed by atoms with E-state index >= 15 is 0 Å². The van der Waals surface area contributed by atoms with Crippen molar-refractivity contribution in [2.24, 2.45) is 0 Å². The molecule has 288 valence electrons. The van der Waals surface area contributed by atoms with E-state index in [1.54, 1.807) is 0 Å². The van der Waals surface area contributed by atoms with Gasteiger partial charge in [0.05, 0.1) is 18.8 Å². The zero-order chi connectivity index (χ0) is 35.3. The summed E-state index contributed by atoms with van der Waals surface area (Å²) in [5, 5.41) is 43.5. The summed E-state index contributed by atoms with van der Waals surface area (Å²) in [7, 11) is 0. The van der Waals surface area contributed by atoms with E-state index in [0.29, 0.717) is 12.8 Å². The molecule has 0 fully saturated rings. The number of nitrogens with one attached hydrogen (secondary N) is 1. The first-order valence-corrected chi connectivity index (χ1v) is 21.4. The number of hydrogen-bond donors (Lipinski definition) is 5. The third kappa shape index (κ3) is 31.3. The Morgan fingerprint density at radius 1 is 0.438 bits per heavy atom. The summed E-state index contributed by atoms with van der Waals surface area (Å²) < 4.78 is 0. The number of rotatable bonds is 39. The van der Waals surface area contributed by atoms with E-state index in [-0.39, 0.29) is 0 Å². The number of aliphatic hydroxyl groups excluding tert-OH is 4. The van der Waals surface area contributed by atoms with Crippen molar-refractivity contribution in [3.05, 3.63) is 0 Å². The third-order valence-corrected chi connectivity index (χ3v) is 10.3. The lowest BCUT2D eigenvalue weighted by atomic mass is 9.99. The van der Waals surface area contributed by atoms with Gasteiger partial charge in [0.25, 0.3) is 0 Å². The van der Waals surface area contributed by atoms with Crippen LogP contribution >= 0.6 is 0 Å². The molecular weight excluding hydrogens is 598 g/mol. The van der Waals surface area contributed by atoms with Crippen LogP contribution in [0.1, 0.15) is 232 Å². The summed E-state index contributed by atoms with van der Waals surface area (Å²) >= 11 is 0. The number of aliphatic hydroxyl groups is 4. The van der Waals surface area contributed by atoms with Gasteiger partial charge >= 0.3 is 0 Å². The molecule has 0 radical (unpaired) electrons. The van der Waals surface area contributed by atoms with Crippen LogP contribution in [0.4, 0.5) is 0 Å². The van der Waals surface area contributed by atoms with Crippen molar-refractivity contribution in [3.8, 4) is 0 Å². The van der Waals surface area contributed by atoms with Crippen molar-refractivity contribution >= 4 is 5.91 Å². The Bertz CT molecular complexity index is 648. The molecule has 0 aromatic rings. The number of carbonyl (C=O) groups excluding carboxylic acids is 1. The third-order valence-electron chi connectivity index (χ3n) is 10.3. The average Bonchev–Trinajstić information content (AvgIpc) is 3.09. The predicted molar refractivity (Wildman–Crippen MR) is 205 cm³/mol. The van der Waals surface area contributed by atoms with Crippen LogP contribution in [0.2, 0.25) is 0 Å². The predicted octanol–water partition coefficient (Wildman–Crippen LogP) is 10.8. The second kappa shape index (κ2) is 37.6. The van der Waals surface area contributed by atoms with Crippen LogP contribution < -0.4 is 5.32 Å². The van der Waals surface area contributed by atoms with Crippen molar-refractivity contribution in [1.82, 2.24) is 5.32 Å². The Hall–Kier alpha value is -0.690. The normalized spacial score (nSPS) is 14.2. The first-order chi connectivity index (χ1) is 23.5. The molecule has 0 aliphatic heterocycles. The molecule has 1 amide bonds. The molecule has 0 bridgehead atoms. The number of amides is 1. The molecule has 0 aromatic carbocycles. The lowest BCUT2D eigenvalue weighted by Gasteiger charge is -2.27. The monoisotopic (exact) mass is 684 g/mol. The first kappa shape index (κ1) is 47.3. The second-order valence-electron chi connectivity index (χ2n) is 15.1. The lowest BCUT2D eigenvalue weighted by molar-refractivity contribution is -0.132. The van der Waals surface area contributed by atoms with Crippen LogP contribution in [0.5, 0.6) is 0 Å². The van der Waals surface area contributed by atoms with Crippen LogP contribution in [-0.4, -0.2) is 57.3 Å². The fourth-order valence-electron chi connectivity index (χ4n) is 6.88. The Morgan fingerprint density at radius 3 is 1.00 bits per heavy atom. The maximum atomic E-state index is 12.4. The van der Waals surface area contributed by atoms with Crippen molar-refractivity contribution < 1.29 is 25.2 Å². The summed E-state index contributed by atoms with van der Waals surface area (Å²) in [4.78, 5) is 12.4. The topological polar surface area (TPSA) is 110 Å². The van der Waals surface area contributed by atoms with Crippen LogP contribution in [0.25, 0.3) is 0 Å². The van der Waals surface area contributed by atoms with Gasteiger partial charge in [-0.05, 0) is 12.8 Å². The Balaban J connectivity index is 3.65. The van der Waals surface area contributed by atoms with Gasteiger partial charge in [-0.2, -0.15) is 0 Å². The zero-order valence-corrected chi connectivity index (χ0v) is 32.3. The highest BCUT2D eigenvalue weighted by Gasteiger charge is 2.28. The highest BCUT2D eigenvalue weighted by atomic mass is 16.3. The van der Waals surface area contributed by atoms with Gasteiger partial charge < -0.3 is 25.7 Å². The molecule has 0 heterocycles. The maximum Gasteiger partial charge on any atom is 0.249 e. The highest BCUT2D eigenvalue weighted by Crippen LogP contribution is 2.17. The molecule has 0 spiro atoms. The van der Waals surface area contributed by atoms with E-state index in [0.717, 1.165) is 38.5 Å². The summed E-state index contributed by atoms with van der Waals surface area (Å²) in [6, 6.07) is -0.977. The van der Waals surface area contributed by atoms with Crippen LogP contribution in [-0.2, 0) is 4.79 Å². The molecule has 0 saturated heterocycles. The Morgan fingerprint density at radius 2 is 0.708 bits per heavy atom. The van der Waals surface area contributed by atoms with E-state index < -0.39 is 36.9 Å². The van der Waals surface area contributed by atoms with Crippen LogP contribution in [0.3, 0.4) is 0 Å². The van der Waals surface area contributed by atoms with Gasteiger partial charge in [0, 0.05) is 0 Å². The van der Waals surface area contributed by atoms with Gasteiger partial charge in [-0.1, -0.05) is 219 Å². The molecule has 0 unspecified atom stereocenters. The molecule has 0 rings (SSSR count). The summed E-state index contributed by atoms with van der Waals surface area (Å²) in [5.74, 6) is -0.583. The van der Waals surface area contributed by atoms with Gasteiger partial charge in [-0.15, -0.1) is 0 Å². The fourth-order valence-corrected chi connectivity index (χ4v) is 6.88. The van der Waals surface area contributed by atoms with Crippen LogP contribution in [0.15, 0.2) is 0 Å². The number of hydrogen-bond acceptors (Lipinski definition) is 5. The molecule has 4 atom stereocenters. The van der Waals surface area contributed by atoms with E-state index in [4.69, 9.17) is 0 Å².